The number of hydrogen-bond donors (Lipinski definition) is 1. The van der Waals surface area contributed by atoms with E-state index >= 15 is 0 Å². The number of hydrogen-bond acceptors (Lipinski definition) is 1. The van der Waals surface area contributed by atoms with Crippen molar-refractivity contribution in [2.24, 2.45) is 5.73 Å². The maximum Gasteiger partial charge on any atom is 0.0154 e. The molecule has 0 amide bonds. The lowest BCUT2D eigenvalue weighted by Crippen LogP contribution is -2.39. The maximum absolute atomic E-state index is 6.23. The average Bonchev–Trinajstić information content (AvgIpc) is 1.88. The Kier molecular flexibility index (Phi) is 10.0. The Morgan fingerprint density at radius 2 is 1.08 bits per heavy atom. The normalized spacial score (nSPS) is 11.0. The molecule has 0 aliphatic carbocycles. The molecule has 2 heteroatoms. The van der Waals surface area contributed by atoms with Crippen LogP contribution in [0.3, 0.4) is 0 Å². The molecule has 1 nitrogen and oxygen atoms in total. The van der Waals surface area contributed by atoms with Gasteiger partial charge in [0.1, 0.15) is 0 Å². The largest absolute Gasteiger partial charge is 0.325 e. The third-order valence-electron chi connectivity index (χ3n) is 2.24. The van der Waals surface area contributed by atoms with Crippen LogP contribution in [0.5, 0.6) is 0 Å². The molecule has 0 unspecified atom stereocenters. The molecule has 0 saturated carbocycles. The Bertz CT molecular complexity index is 76.8. The van der Waals surface area contributed by atoms with Crippen LogP contribution >= 0.6 is 17.0 Å². The second kappa shape index (κ2) is 8.06. The number of nitrogens with two attached hydrogens (primary N) is 1. The molecule has 0 heterocycles. The summed E-state index contributed by atoms with van der Waals surface area (Å²) in [4.78, 5) is 0. The Hall–Kier alpha value is 0.440. The van der Waals surface area contributed by atoms with Gasteiger partial charge in [-0.1, -0.05) is 40.0 Å². The van der Waals surface area contributed by atoms with Gasteiger partial charge in [0.25, 0.3) is 0 Å². The van der Waals surface area contributed by atoms with Gasteiger partial charge in [-0.05, 0) is 19.3 Å². The fraction of sp³-hybridized carbons (Fsp3) is 1.00. The van der Waals surface area contributed by atoms with Crippen molar-refractivity contribution < 1.29 is 0 Å². The molecule has 76 valence electrons. The van der Waals surface area contributed by atoms with E-state index in [1.807, 2.05) is 0 Å². The minimum absolute atomic E-state index is 0. The maximum atomic E-state index is 6.23. The first kappa shape index (κ1) is 14.9. The lowest BCUT2D eigenvalue weighted by Gasteiger charge is -2.28. The Labute approximate surface area is 87.9 Å². The summed E-state index contributed by atoms with van der Waals surface area (Å²) in [6, 6.07) is 0. The van der Waals surface area contributed by atoms with E-state index < -0.39 is 0 Å². The fourth-order valence-electron chi connectivity index (χ4n) is 1.87. The third kappa shape index (κ3) is 6.01. The van der Waals surface area contributed by atoms with Gasteiger partial charge in [-0.25, -0.2) is 0 Å². The van der Waals surface area contributed by atoms with Crippen molar-refractivity contribution >= 4 is 17.0 Å². The highest BCUT2D eigenvalue weighted by Gasteiger charge is 2.20. The van der Waals surface area contributed by atoms with Crippen molar-refractivity contribution in [3.63, 3.8) is 0 Å². The molecular formula is C10H24BrN. The Morgan fingerprint density at radius 1 is 0.833 bits per heavy atom. The Balaban J connectivity index is 0. The van der Waals surface area contributed by atoms with Crippen LogP contribution in [0.1, 0.15) is 59.3 Å². The van der Waals surface area contributed by atoms with Gasteiger partial charge in [0.15, 0.2) is 0 Å². The minimum atomic E-state index is 0. The topological polar surface area (TPSA) is 26.0 Å². The van der Waals surface area contributed by atoms with Gasteiger partial charge in [-0.15, -0.1) is 17.0 Å². The molecule has 0 fully saturated rings. The summed E-state index contributed by atoms with van der Waals surface area (Å²) in [5.74, 6) is 0. The SMILES string of the molecule is Br.CCCC(N)(CCC)CCC. The highest BCUT2D eigenvalue weighted by molar-refractivity contribution is 8.93. The molecule has 0 atom stereocenters. The summed E-state index contributed by atoms with van der Waals surface area (Å²) in [5, 5.41) is 0. The zero-order valence-corrected chi connectivity index (χ0v) is 10.4. The van der Waals surface area contributed by atoms with Crippen molar-refractivity contribution in [1.29, 1.82) is 0 Å². The lowest BCUT2D eigenvalue weighted by atomic mass is 9.86. The van der Waals surface area contributed by atoms with E-state index in [0.717, 1.165) is 0 Å². The highest BCUT2D eigenvalue weighted by atomic mass is 79.9. The molecule has 0 rings (SSSR count). The van der Waals surface area contributed by atoms with Gasteiger partial charge in [0, 0.05) is 5.54 Å². The van der Waals surface area contributed by atoms with Crippen LogP contribution in [0.4, 0.5) is 0 Å². The van der Waals surface area contributed by atoms with Crippen LogP contribution < -0.4 is 5.73 Å². The first-order chi connectivity index (χ1) is 5.18. The zero-order chi connectivity index (χ0) is 8.74. The quantitative estimate of drug-likeness (QED) is 0.750. The smallest absolute Gasteiger partial charge is 0.0154 e. The van der Waals surface area contributed by atoms with Crippen molar-refractivity contribution in [2.45, 2.75) is 64.8 Å². The molecule has 0 aromatic heterocycles. The minimum Gasteiger partial charge on any atom is -0.325 e. The van der Waals surface area contributed by atoms with Gasteiger partial charge >= 0.3 is 0 Å². The molecule has 0 radical (unpaired) electrons. The molecule has 0 bridgehead atoms. The summed E-state index contributed by atoms with van der Waals surface area (Å²) in [6.45, 7) is 6.65. The summed E-state index contributed by atoms with van der Waals surface area (Å²) >= 11 is 0. The second-order valence-electron chi connectivity index (χ2n) is 3.61. The number of rotatable bonds is 6. The molecule has 2 N–H and O–H groups in total. The predicted molar refractivity (Wildman–Crippen MR) is 62.0 cm³/mol. The van der Waals surface area contributed by atoms with Gasteiger partial charge in [0.2, 0.25) is 0 Å². The second-order valence-corrected chi connectivity index (χ2v) is 3.61. The third-order valence-corrected chi connectivity index (χ3v) is 2.24. The molecule has 0 saturated heterocycles. The average molecular weight is 238 g/mol. The van der Waals surface area contributed by atoms with Crippen LogP contribution in [-0.4, -0.2) is 5.54 Å². The molecule has 0 aliphatic rings. The first-order valence-corrected chi connectivity index (χ1v) is 4.97. The van der Waals surface area contributed by atoms with E-state index in [1.54, 1.807) is 0 Å². The van der Waals surface area contributed by atoms with Crippen LogP contribution in [0, 0.1) is 0 Å². The summed E-state index contributed by atoms with van der Waals surface area (Å²) in [5.41, 5.74) is 6.38. The summed E-state index contributed by atoms with van der Waals surface area (Å²) < 4.78 is 0. The molecule has 0 aromatic carbocycles. The zero-order valence-electron chi connectivity index (χ0n) is 8.73. The van der Waals surface area contributed by atoms with E-state index in [4.69, 9.17) is 5.73 Å². The molecule has 0 aromatic rings. The van der Waals surface area contributed by atoms with E-state index in [0.29, 0.717) is 0 Å². The van der Waals surface area contributed by atoms with Crippen molar-refractivity contribution in [1.82, 2.24) is 0 Å². The van der Waals surface area contributed by atoms with E-state index in [9.17, 15) is 0 Å². The van der Waals surface area contributed by atoms with Crippen molar-refractivity contribution in [3.8, 4) is 0 Å². The molecular weight excluding hydrogens is 214 g/mol. The van der Waals surface area contributed by atoms with Crippen molar-refractivity contribution in [3.05, 3.63) is 0 Å². The van der Waals surface area contributed by atoms with Crippen molar-refractivity contribution in [2.75, 3.05) is 0 Å². The lowest BCUT2D eigenvalue weighted by molar-refractivity contribution is 0.330. The van der Waals surface area contributed by atoms with Crippen LogP contribution in [-0.2, 0) is 0 Å². The van der Waals surface area contributed by atoms with Gasteiger partial charge in [-0.3, -0.25) is 0 Å². The summed E-state index contributed by atoms with van der Waals surface area (Å²) in [6.07, 6.45) is 7.22. The fourth-order valence-corrected chi connectivity index (χ4v) is 1.87. The van der Waals surface area contributed by atoms with Crippen LogP contribution in [0.25, 0.3) is 0 Å². The van der Waals surface area contributed by atoms with E-state index in [1.165, 1.54) is 38.5 Å². The summed E-state index contributed by atoms with van der Waals surface area (Å²) in [7, 11) is 0. The molecule has 0 spiro atoms. The standard InChI is InChI=1S/C10H23N.BrH/c1-4-7-10(11,8-5-2)9-6-3;/h4-9,11H2,1-3H3;1H. The molecule has 0 aliphatic heterocycles. The van der Waals surface area contributed by atoms with Crippen LogP contribution in [0.2, 0.25) is 0 Å². The highest BCUT2D eigenvalue weighted by Crippen LogP contribution is 2.21. The van der Waals surface area contributed by atoms with Crippen LogP contribution in [0.15, 0.2) is 0 Å². The monoisotopic (exact) mass is 237 g/mol. The van der Waals surface area contributed by atoms with Gasteiger partial charge in [-0.2, -0.15) is 0 Å². The van der Waals surface area contributed by atoms with E-state index in [-0.39, 0.29) is 22.5 Å². The van der Waals surface area contributed by atoms with Gasteiger partial charge < -0.3 is 5.73 Å². The predicted octanol–water partition coefficient (Wildman–Crippen LogP) is 3.66. The molecule has 12 heavy (non-hydrogen) atoms. The number of halogens is 1. The van der Waals surface area contributed by atoms with Gasteiger partial charge in [0.05, 0.1) is 0 Å². The Morgan fingerprint density at radius 3 is 1.25 bits per heavy atom. The van der Waals surface area contributed by atoms with E-state index in [2.05, 4.69) is 20.8 Å². The first-order valence-electron chi connectivity index (χ1n) is 4.97.